The summed E-state index contributed by atoms with van der Waals surface area (Å²) in [5, 5.41) is 10.6. The van der Waals surface area contributed by atoms with E-state index in [-0.39, 0.29) is 5.65 Å². The highest BCUT2D eigenvalue weighted by Crippen LogP contribution is 2.27. The Morgan fingerprint density at radius 3 is 2.68 bits per heavy atom. The fourth-order valence-electron chi connectivity index (χ4n) is 2.28. The SMILES string of the molecule is Cc1cccc(OCCN(C)c2ccc3nnc(C(F)(F)F)n3n2)c1. The maximum absolute atomic E-state index is 12.9. The van der Waals surface area contributed by atoms with Crippen LogP contribution >= 0.6 is 0 Å². The molecule has 0 radical (unpaired) electrons. The molecule has 0 spiro atoms. The van der Waals surface area contributed by atoms with Crippen LogP contribution in [0.1, 0.15) is 11.4 Å². The summed E-state index contributed by atoms with van der Waals surface area (Å²) in [6.07, 6.45) is -4.61. The predicted octanol–water partition coefficient (Wildman–Crippen LogP) is 2.97. The number of hydrogen-bond acceptors (Lipinski definition) is 5. The molecule has 0 aliphatic carbocycles. The van der Waals surface area contributed by atoms with Crippen molar-refractivity contribution in [2.24, 2.45) is 0 Å². The molecular formula is C16H16F3N5O. The molecule has 25 heavy (non-hydrogen) atoms. The van der Waals surface area contributed by atoms with E-state index in [1.54, 1.807) is 18.0 Å². The minimum Gasteiger partial charge on any atom is -0.492 e. The molecule has 0 N–H and O–H groups in total. The van der Waals surface area contributed by atoms with E-state index in [0.717, 1.165) is 11.3 Å². The molecule has 6 nitrogen and oxygen atoms in total. The number of ether oxygens (including phenoxy) is 1. The maximum Gasteiger partial charge on any atom is 0.453 e. The molecule has 0 amide bonds. The lowest BCUT2D eigenvalue weighted by molar-refractivity contribution is -0.146. The van der Waals surface area contributed by atoms with E-state index in [4.69, 9.17) is 4.74 Å². The van der Waals surface area contributed by atoms with E-state index >= 15 is 0 Å². The summed E-state index contributed by atoms with van der Waals surface area (Å²) in [5.74, 6) is -0.0330. The monoisotopic (exact) mass is 351 g/mol. The Morgan fingerprint density at radius 2 is 1.96 bits per heavy atom. The molecule has 0 saturated heterocycles. The molecule has 2 heterocycles. The van der Waals surface area contributed by atoms with Gasteiger partial charge in [-0.1, -0.05) is 12.1 Å². The average Bonchev–Trinajstić information content (AvgIpc) is 2.98. The van der Waals surface area contributed by atoms with E-state index in [9.17, 15) is 13.2 Å². The molecule has 2 aromatic heterocycles. The first kappa shape index (κ1) is 17.0. The van der Waals surface area contributed by atoms with Crippen molar-refractivity contribution in [2.75, 3.05) is 25.1 Å². The lowest BCUT2D eigenvalue weighted by atomic mass is 10.2. The van der Waals surface area contributed by atoms with Gasteiger partial charge in [0.2, 0.25) is 0 Å². The summed E-state index contributed by atoms with van der Waals surface area (Å²) < 4.78 is 45.1. The fourth-order valence-corrected chi connectivity index (χ4v) is 2.28. The number of aromatic nitrogens is 4. The number of benzene rings is 1. The van der Waals surface area contributed by atoms with E-state index in [2.05, 4.69) is 15.3 Å². The van der Waals surface area contributed by atoms with Crippen LogP contribution in [-0.4, -0.2) is 40.0 Å². The molecule has 0 aliphatic rings. The largest absolute Gasteiger partial charge is 0.492 e. The van der Waals surface area contributed by atoms with Gasteiger partial charge in [0.25, 0.3) is 5.82 Å². The van der Waals surface area contributed by atoms with Crippen molar-refractivity contribution < 1.29 is 17.9 Å². The van der Waals surface area contributed by atoms with Crippen molar-refractivity contribution in [2.45, 2.75) is 13.1 Å². The van der Waals surface area contributed by atoms with Gasteiger partial charge in [-0.3, -0.25) is 0 Å². The van der Waals surface area contributed by atoms with Crippen LogP contribution in [0, 0.1) is 6.92 Å². The quantitative estimate of drug-likeness (QED) is 0.707. The van der Waals surface area contributed by atoms with Gasteiger partial charge in [-0.25, -0.2) is 0 Å². The molecule has 9 heteroatoms. The summed E-state index contributed by atoms with van der Waals surface area (Å²) in [6.45, 7) is 2.79. The zero-order valence-electron chi connectivity index (χ0n) is 13.7. The fraction of sp³-hybridized carbons (Fsp3) is 0.312. The second-order valence-corrected chi connectivity index (χ2v) is 5.57. The molecule has 132 valence electrons. The summed E-state index contributed by atoms with van der Waals surface area (Å²) in [4.78, 5) is 1.70. The highest BCUT2D eigenvalue weighted by atomic mass is 19.4. The molecule has 3 aromatic rings. The highest BCUT2D eigenvalue weighted by Gasteiger charge is 2.37. The predicted molar refractivity (Wildman–Crippen MR) is 85.7 cm³/mol. The average molecular weight is 351 g/mol. The summed E-state index contributed by atoms with van der Waals surface area (Å²) in [6, 6.07) is 10.7. The molecule has 0 unspecified atom stereocenters. The number of fused-ring (bicyclic) bond motifs is 1. The zero-order chi connectivity index (χ0) is 18.0. The molecule has 0 fully saturated rings. The van der Waals surface area contributed by atoms with Crippen LogP contribution in [0.3, 0.4) is 0 Å². The lowest BCUT2D eigenvalue weighted by Gasteiger charge is -2.18. The molecule has 0 aliphatic heterocycles. The van der Waals surface area contributed by atoms with Crippen molar-refractivity contribution in [3.8, 4) is 5.75 Å². The number of hydrogen-bond donors (Lipinski definition) is 0. The van der Waals surface area contributed by atoms with Gasteiger partial charge in [0.05, 0.1) is 6.54 Å². The third kappa shape index (κ3) is 3.81. The summed E-state index contributed by atoms with van der Waals surface area (Å²) in [5.41, 5.74) is 1.13. The molecule has 0 atom stereocenters. The molecule has 3 rings (SSSR count). The van der Waals surface area contributed by atoms with Gasteiger partial charge in [0, 0.05) is 7.05 Å². The van der Waals surface area contributed by atoms with Gasteiger partial charge in [-0.05, 0) is 36.8 Å². The Balaban J connectivity index is 1.70. The minimum absolute atomic E-state index is 0.0421. The number of anilines is 1. The first-order chi connectivity index (χ1) is 11.8. The van der Waals surface area contributed by atoms with Crippen LogP contribution in [0.25, 0.3) is 5.65 Å². The summed E-state index contributed by atoms with van der Waals surface area (Å²) in [7, 11) is 1.73. The number of rotatable bonds is 5. The van der Waals surface area contributed by atoms with Gasteiger partial charge in [0.15, 0.2) is 5.65 Å². The molecule has 0 saturated carbocycles. The molecule has 1 aromatic carbocycles. The standard InChI is InChI=1S/C16H16F3N5O/c1-11-4-3-5-12(10-11)25-9-8-23(2)14-7-6-13-20-21-15(16(17,18)19)24(13)22-14/h3-7,10H,8-9H2,1-2H3. The van der Waals surface area contributed by atoms with Gasteiger partial charge in [0.1, 0.15) is 18.2 Å². The first-order valence-corrected chi connectivity index (χ1v) is 7.55. The molecule has 0 bridgehead atoms. The van der Waals surface area contributed by atoms with Crippen molar-refractivity contribution in [3.05, 3.63) is 47.8 Å². The van der Waals surface area contributed by atoms with Crippen molar-refractivity contribution in [1.29, 1.82) is 0 Å². The van der Waals surface area contributed by atoms with Crippen LogP contribution in [0.5, 0.6) is 5.75 Å². The number of likely N-dealkylation sites (N-methyl/N-ethyl adjacent to an activating group) is 1. The van der Waals surface area contributed by atoms with Crippen LogP contribution in [-0.2, 0) is 6.18 Å². The Labute approximate surface area is 141 Å². The van der Waals surface area contributed by atoms with E-state index in [1.165, 1.54) is 6.07 Å². The Hall–Kier alpha value is -2.84. The van der Waals surface area contributed by atoms with Crippen molar-refractivity contribution in [3.63, 3.8) is 0 Å². The highest BCUT2D eigenvalue weighted by molar-refractivity contribution is 5.45. The van der Waals surface area contributed by atoms with Gasteiger partial charge in [-0.15, -0.1) is 15.3 Å². The van der Waals surface area contributed by atoms with E-state index in [0.29, 0.717) is 23.5 Å². The van der Waals surface area contributed by atoms with Gasteiger partial charge in [-0.2, -0.15) is 17.7 Å². The van der Waals surface area contributed by atoms with Gasteiger partial charge < -0.3 is 9.64 Å². The van der Waals surface area contributed by atoms with Crippen LogP contribution in [0.4, 0.5) is 19.0 Å². The third-order valence-electron chi connectivity index (χ3n) is 3.58. The van der Waals surface area contributed by atoms with E-state index in [1.807, 2.05) is 31.2 Å². The normalized spacial score (nSPS) is 11.7. The minimum atomic E-state index is -4.61. The second-order valence-electron chi connectivity index (χ2n) is 5.57. The Morgan fingerprint density at radius 1 is 1.16 bits per heavy atom. The molecular weight excluding hydrogens is 335 g/mol. The van der Waals surface area contributed by atoms with Crippen LogP contribution in [0.15, 0.2) is 36.4 Å². The lowest BCUT2D eigenvalue weighted by Crippen LogP contribution is -2.25. The van der Waals surface area contributed by atoms with Gasteiger partial charge >= 0.3 is 6.18 Å². The number of aryl methyl sites for hydroxylation is 1. The topological polar surface area (TPSA) is 55.5 Å². The Kier molecular flexibility index (Phi) is 4.47. The second kappa shape index (κ2) is 6.58. The number of halogens is 3. The third-order valence-corrected chi connectivity index (χ3v) is 3.58. The van der Waals surface area contributed by atoms with Crippen LogP contribution < -0.4 is 9.64 Å². The van der Waals surface area contributed by atoms with Crippen LogP contribution in [0.2, 0.25) is 0 Å². The zero-order valence-corrected chi connectivity index (χ0v) is 13.7. The van der Waals surface area contributed by atoms with Crippen molar-refractivity contribution >= 4 is 11.5 Å². The smallest absolute Gasteiger partial charge is 0.453 e. The number of nitrogens with zero attached hydrogens (tertiary/aromatic N) is 5. The Bertz CT molecular complexity index is 878. The summed E-state index contributed by atoms with van der Waals surface area (Å²) >= 11 is 0. The first-order valence-electron chi connectivity index (χ1n) is 7.55. The maximum atomic E-state index is 12.9. The van der Waals surface area contributed by atoms with E-state index < -0.39 is 12.0 Å². The number of alkyl halides is 3. The van der Waals surface area contributed by atoms with Crippen molar-refractivity contribution in [1.82, 2.24) is 19.8 Å².